The topological polar surface area (TPSA) is 45.4 Å². The highest BCUT2D eigenvalue weighted by atomic mass is 15.3. The molecule has 4 nitrogen and oxygen atoms in total. The number of rotatable bonds is 4. The van der Waals surface area contributed by atoms with Gasteiger partial charge in [0.15, 0.2) is 0 Å². The Labute approximate surface area is 123 Å². The fraction of sp³-hybridized carbons (Fsp3) is 0.688. The molecule has 2 unspecified atom stereocenters. The summed E-state index contributed by atoms with van der Waals surface area (Å²) in [6.45, 7) is 9.71. The Kier molecular flexibility index (Phi) is 5.00. The number of piperazine rings is 1. The molecule has 0 aliphatic carbocycles. The molecular formula is C16H28N4. The van der Waals surface area contributed by atoms with E-state index in [1.54, 1.807) is 0 Å². The first-order valence-corrected chi connectivity index (χ1v) is 7.67. The fourth-order valence-electron chi connectivity index (χ4n) is 3.02. The summed E-state index contributed by atoms with van der Waals surface area (Å²) in [6, 6.07) is 3.06. The predicted octanol–water partition coefficient (Wildman–Crippen LogP) is 1.81. The smallest absolute Gasteiger partial charge is 0.131 e. The first-order valence-electron chi connectivity index (χ1n) is 7.67. The molecule has 1 aromatic rings. The van der Waals surface area contributed by atoms with Crippen LogP contribution in [0, 0.1) is 6.92 Å². The quantitative estimate of drug-likeness (QED) is 0.911. The van der Waals surface area contributed by atoms with E-state index in [-0.39, 0.29) is 6.04 Å². The fourth-order valence-corrected chi connectivity index (χ4v) is 3.02. The van der Waals surface area contributed by atoms with Crippen molar-refractivity contribution in [2.45, 2.75) is 45.7 Å². The highest BCUT2D eigenvalue weighted by molar-refractivity contribution is 5.48. The van der Waals surface area contributed by atoms with E-state index in [1.165, 1.54) is 17.5 Å². The summed E-state index contributed by atoms with van der Waals surface area (Å²) in [6.07, 6.45) is 4.08. The molecule has 0 saturated carbocycles. The second-order valence-electron chi connectivity index (χ2n) is 6.15. The Balaban J connectivity index is 2.12. The zero-order valence-electron chi connectivity index (χ0n) is 13.3. The van der Waals surface area contributed by atoms with Gasteiger partial charge in [-0.05, 0) is 44.9 Å². The van der Waals surface area contributed by atoms with Gasteiger partial charge in [-0.2, -0.15) is 0 Å². The van der Waals surface area contributed by atoms with Crippen molar-refractivity contribution in [1.82, 2.24) is 9.88 Å². The number of nitrogens with zero attached hydrogens (tertiary/aromatic N) is 3. The summed E-state index contributed by atoms with van der Waals surface area (Å²) in [7, 11) is 2.22. The van der Waals surface area contributed by atoms with Crippen LogP contribution in [0.15, 0.2) is 12.3 Å². The van der Waals surface area contributed by atoms with E-state index in [1.807, 2.05) is 13.1 Å². The predicted molar refractivity (Wildman–Crippen MR) is 85.2 cm³/mol. The van der Waals surface area contributed by atoms with E-state index < -0.39 is 0 Å². The van der Waals surface area contributed by atoms with Crippen LogP contribution in [-0.2, 0) is 6.42 Å². The molecule has 1 aliphatic heterocycles. The van der Waals surface area contributed by atoms with Crippen molar-refractivity contribution < 1.29 is 0 Å². The monoisotopic (exact) mass is 276 g/mol. The molecule has 0 amide bonds. The Morgan fingerprint density at radius 1 is 1.45 bits per heavy atom. The van der Waals surface area contributed by atoms with E-state index >= 15 is 0 Å². The molecule has 0 bridgehead atoms. The van der Waals surface area contributed by atoms with Crippen LogP contribution in [0.3, 0.4) is 0 Å². The summed E-state index contributed by atoms with van der Waals surface area (Å²) >= 11 is 0. The Bertz CT molecular complexity index is 444. The van der Waals surface area contributed by atoms with Gasteiger partial charge >= 0.3 is 0 Å². The van der Waals surface area contributed by atoms with Gasteiger partial charge in [-0.3, -0.25) is 4.90 Å². The Morgan fingerprint density at radius 2 is 2.20 bits per heavy atom. The molecule has 2 N–H and O–H groups in total. The second-order valence-corrected chi connectivity index (χ2v) is 6.15. The number of hydrogen-bond donors (Lipinski definition) is 1. The van der Waals surface area contributed by atoms with Gasteiger partial charge < -0.3 is 10.6 Å². The number of aromatic nitrogens is 1. The summed E-state index contributed by atoms with van der Waals surface area (Å²) in [4.78, 5) is 9.58. The lowest BCUT2D eigenvalue weighted by atomic mass is 10.1. The number of anilines is 1. The number of hydrogen-bond acceptors (Lipinski definition) is 4. The highest BCUT2D eigenvalue weighted by Crippen LogP contribution is 2.22. The lowest BCUT2D eigenvalue weighted by Gasteiger charge is -2.40. The summed E-state index contributed by atoms with van der Waals surface area (Å²) in [5.41, 5.74) is 8.37. The minimum atomic E-state index is 0.190. The standard InChI is InChI=1S/C16H28N4/c1-5-15-11-20(7-6-19(15)4)16-12(2)8-14(10-18-16)9-13(3)17/h8,10,13,15H,5-7,9,11,17H2,1-4H3. The second kappa shape index (κ2) is 6.55. The number of pyridine rings is 1. The third-order valence-electron chi connectivity index (χ3n) is 4.21. The van der Waals surface area contributed by atoms with Crippen molar-refractivity contribution in [2.75, 3.05) is 31.6 Å². The van der Waals surface area contributed by atoms with Crippen molar-refractivity contribution >= 4 is 5.82 Å². The van der Waals surface area contributed by atoms with Crippen LogP contribution in [0.25, 0.3) is 0 Å². The molecule has 0 radical (unpaired) electrons. The third kappa shape index (κ3) is 3.49. The van der Waals surface area contributed by atoms with Crippen LogP contribution in [0.4, 0.5) is 5.82 Å². The lowest BCUT2D eigenvalue weighted by molar-refractivity contribution is 0.213. The van der Waals surface area contributed by atoms with Crippen molar-refractivity contribution in [2.24, 2.45) is 5.73 Å². The number of likely N-dealkylation sites (N-methyl/N-ethyl adjacent to an activating group) is 1. The van der Waals surface area contributed by atoms with E-state index in [0.29, 0.717) is 6.04 Å². The molecule has 1 aliphatic rings. The van der Waals surface area contributed by atoms with E-state index in [0.717, 1.165) is 31.9 Å². The van der Waals surface area contributed by atoms with Gasteiger partial charge in [-0.1, -0.05) is 13.0 Å². The van der Waals surface area contributed by atoms with Crippen LogP contribution in [0.1, 0.15) is 31.4 Å². The molecule has 2 rings (SSSR count). The SMILES string of the molecule is CCC1CN(c2ncc(CC(C)N)cc2C)CCN1C. The molecule has 1 aromatic heterocycles. The van der Waals surface area contributed by atoms with E-state index in [2.05, 4.69) is 36.8 Å². The number of nitrogens with two attached hydrogens (primary N) is 1. The normalized spacial score (nSPS) is 22.1. The number of aryl methyl sites for hydroxylation is 1. The molecule has 1 fully saturated rings. The maximum atomic E-state index is 5.86. The van der Waals surface area contributed by atoms with Crippen LogP contribution in [0.2, 0.25) is 0 Å². The minimum absolute atomic E-state index is 0.190. The van der Waals surface area contributed by atoms with Gasteiger partial charge in [-0.15, -0.1) is 0 Å². The molecule has 20 heavy (non-hydrogen) atoms. The molecule has 0 spiro atoms. The average Bonchev–Trinajstić information content (AvgIpc) is 2.39. The largest absolute Gasteiger partial charge is 0.354 e. The van der Waals surface area contributed by atoms with Crippen molar-refractivity contribution in [3.63, 3.8) is 0 Å². The molecule has 2 heterocycles. The Hall–Kier alpha value is -1.13. The first kappa shape index (κ1) is 15.3. The summed E-state index contributed by atoms with van der Waals surface area (Å²) in [5.74, 6) is 1.14. The lowest BCUT2D eigenvalue weighted by Crippen LogP contribution is -2.51. The summed E-state index contributed by atoms with van der Waals surface area (Å²) < 4.78 is 0. The van der Waals surface area contributed by atoms with Crippen LogP contribution < -0.4 is 10.6 Å². The zero-order valence-corrected chi connectivity index (χ0v) is 13.3. The molecule has 2 atom stereocenters. The van der Waals surface area contributed by atoms with Gasteiger partial charge in [-0.25, -0.2) is 4.98 Å². The average molecular weight is 276 g/mol. The van der Waals surface area contributed by atoms with Crippen molar-refractivity contribution in [3.8, 4) is 0 Å². The molecule has 1 saturated heterocycles. The van der Waals surface area contributed by atoms with Crippen molar-refractivity contribution in [1.29, 1.82) is 0 Å². The van der Waals surface area contributed by atoms with Crippen LogP contribution in [0.5, 0.6) is 0 Å². The maximum absolute atomic E-state index is 5.86. The van der Waals surface area contributed by atoms with Gasteiger partial charge in [0.05, 0.1) is 0 Å². The Morgan fingerprint density at radius 3 is 2.80 bits per heavy atom. The van der Waals surface area contributed by atoms with Crippen LogP contribution in [-0.4, -0.2) is 48.6 Å². The molecule has 4 heteroatoms. The van der Waals surface area contributed by atoms with Gasteiger partial charge in [0.25, 0.3) is 0 Å². The zero-order chi connectivity index (χ0) is 14.7. The van der Waals surface area contributed by atoms with Gasteiger partial charge in [0, 0.05) is 37.9 Å². The van der Waals surface area contributed by atoms with Crippen LogP contribution >= 0.6 is 0 Å². The maximum Gasteiger partial charge on any atom is 0.131 e. The van der Waals surface area contributed by atoms with E-state index in [9.17, 15) is 0 Å². The van der Waals surface area contributed by atoms with E-state index in [4.69, 9.17) is 10.7 Å². The van der Waals surface area contributed by atoms with Gasteiger partial charge in [0.2, 0.25) is 0 Å². The first-order chi connectivity index (χ1) is 9.51. The summed E-state index contributed by atoms with van der Waals surface area (Å²) in [5, 5.41) is 0. The molecular weight excluding hydrogens is 248 g/mol. The molecule has 112 valence electrons. The molecule has 0 aromatic carbocycles. The van der Waals surface area contributed by atoms with Gasteiger partial charge in [0.1, 0.15) is 5.82 Å². The van der Waals surface area contributed by atoms with Crippen molar-refractivity contribution in [3.05, 3.63) is 23.4 Å². The third-order valence-corrected chi connectivity index (χ3v) is 4.21. The minimum Gasteiger partial charge on any atom is -0.354 e. The highest BCUT2D eigenvalue weighted by Gasteiger charge is 2.24.